The number of aromatic nitrogens is 5. The highest BCUT2D eigenvalue weighted by Crippen LogP contribution is 2.42. The van der Waals surface area contributed by atoms with E-state index in [0.717, 1.165) is 50.4 Å². The fourth-order valence-electron chi connectivity index (χ4n) is 4.10. The molecule has 150 valence electrons. The maximum absolute atomic E-state index is 4.62. The molecule has 0 amide bonds. The van der Waals surface area contributed by atoms with E-state index in [0.29, 0.717) is 0 Å². The number of H-pyrrole nitrogens is 1. The van der Waals surface area contributed by atoms with Gasteiger partial charge in [-0.1, -0.05) is 12.1 Å². The van der Waals surface area contributed by atoms with Crippen molar-refractivity contribution < 1.29 is 0 Å². The summed E-state index contributed by atoms with van der Waals surface area (Å²) in [4.78, 5) is 13.2. The second kappa shape index (κ2) is 6.91. The number of fused-ring (bicyclic) bond motifs is 2. The summed E-state index contributed by atoms with van der Waals surface area (Å²) in [6.07, 6.45) is 9.00. The molecule has 0 saturated heterocycles. The first-order chi connectivity index (χ1) is 15.3. The third-order valence-electron chi connectivity index (χ3n) is 5.69. The first kappa shape index (κ1) is 17.6. The Bertz CT molecular complexity index is 1410. The lowest BCUT2D eigenvalue weighted by atomic mass is 10.0. The summed E-state index contributed by atoms with van der Waals surface area (Å²) >= 11 is 0. The Labute approximate surface area is 178 Å². The minimum Gasteiger partial charge on any atom is -0.358 e. The van der Waals surface area contributed by atoms with Crippen LogP contribution in [0.3, 0.4) is 0 Å². The lowest BCUT2D eigenvalue weighted by molar-refractivity contribution is 0.874. The summed E-state index contributed by atoms with van der Waals surface area (Å²) < 4.78 is 0. The quantitative estimate of drug-likeness (QED) is 0.394. The van der Waals surface area contributed by atoms with Gasteiger partial charge in [0.15, 0.2) is 0 Å². The second-order valence-corrected chi connectivity index (χ2v) is 7.61. The number of anilines is 2. The van der Waals surface area contributed by atoms with Gasteiger partial charge in [0, 0.05) is 41.3 Å². The van der Waals surface area contributed by atoms with E-state index < -0.39 is 0 Å². The van der Waals surface area contributed by atoms with E-state index in [1.807, 2.05) is 49.1 Å². The average Bonchev–Trinajstić information content (AvgIpc) is 3.43. The molecule has 0 radical (unpaired) electrons. The van der Waals surface area contributed by atoms with Crippen LogP contribution in [-0.2, 0) is 0 Å². The molecule has 7 nitrogen and oxygen atoms in total. The molecule has 0 bridgehead atoms. The zero-order valence-electron chi connectivity index (χ0n) is 16.8. The molecule has 1 atom stereocenters. The summed E-state index contributed by atoms with van der Waals surface area (Å²) in [5, 5.41) is 15.9. The van der Waals surface area contributed by atoms with E-state index in [1.165, 1.54) is 5.56 Å². The predicted octanol–water partition coefficient (Wildman–Crippen LogP) is 4.93. The molecule has 7 heteroatoms. The van der Waals surface area contributed by atoms with Crippen LogP contribution >= 0.6 is 0 Å². The molecule has 1 aliphatic rings. The number of nitrogens with one attached hydrogen (secondary N) is 3. The van der Waals surface area contributed by atoms with Crippen LogP contribution in [0.2, 0.25) is 0 Å². The van der Waals surface area contributed by atoms with E-state index >= 15 is 0 Å². The van der Waals surface area contributed by atoms with E-state index in [1.54, 1.807) is 6.20 Å². The first-order valence-corrected chi connectivity index (χ1v) is 10.1. The summed E-state index contributed by atoms with van der Waals surface area (Å²) in [5.74, 6) is 0. The first-order valence-electron chi connectivity index (χ1n) is 10.1. The van der Waals surface area contributed by atoms with Gasteiger partial charge in [0.25, 0.3) is 0 Å². The van der Waals surface area contributed by atoms with Gasteiger partial charge in [0.2, 0.25) is 0 Å². The maximum Gasteiger partial charge on any atom is 0.143 e. The monoisotopic (exact) mass is 405 g/mol. The number of aryl methyl sites for hydroxylation is 1. The van der Waals surface area contributed by atoms with Gasteiger partial charge in [-0.05, 0) is 48.4 Å². The van der Waals surface area contributed by atoms with Crippen LogP contribution in [0.4, 0.5) is 11.4 Å². The number of hydrogen-bond donors (Lipinski definition) is 3. The van der Waals surface area contributed by atoms with Crippen LogP contribution in [0.1, 0.15) is 17.4 Å². The lowest BCUT2D eigenvalue weighted by Gasteiger charge is -2.11. The topological polar surface area (TPSA) is 91.4 Å². The Kier molecular flexibility index (Phi) is 3.92. The van der Waals surface area contributed by atoms with Crippen molar-refractivity contribution in [3.8, 4) is 22.4 Å². The second-order valence-electron chi connectivity index (χ2n) is 7.61. The van der Waals surface area contributed by atoms with E-state index in [4.69, 9.17) is 0 Å². The largest absolute Gasteiger partial charge is 0.358 e. The standard InChI is InChI=1S/C24H19N7/c1-14-7-9-25-11-17(14)15-5-6-20-16(10-15)23(31-30-20)24-28-21-13-26-12-18(22(21)29-24)19-4-2-3-8-27-19/h2-13,24,28-29H,1H3,(H,30,31). The van der Waals surface area contributed by atoms with Crippen LogP contribution in [0.5, 0.6) is 0 Å². The summed E-state index contributed by atoms with van der Waals surface area (Å²) in [6, 6.07) is 14.2. The Morgan fingerprint density at radius 1 is 0.871 bits per heavy atom. The molecule has 0 aliphatic carbocycles. The molecule has 0 saturated carbocycles. The van der Waals surface area contributed by atoms with E-state index in [2.05, 4.69) is 60.9 Å². The summed E-state index contributed by atoms with van der Waals surface area (Å²) in [6.45, 7) is 2.10. The molecule has 3 N–H and O–H groups in total. The van der Waals surface area contributed by atoms with Gasteiger partial charge in [0.05, 0.1) is 28.8 Å². The number of rotatable bonds is 3. The number of pyridine rings is 3. The molecule has 1 unspecified atom stereocenters. The minimum atomic E-state index is -0.180. The van der Waals surface area contributed by atoms with Crippen LogP contribution in [0.25, 0.3) is 33.3 Å². The van der Waals surface area contributed by atoms with E-state index in [9.17, 15) is 0 Å². The van der Waals surface area contributed by atoms with Gasteiger partial charge in [-0.15, -0.1) is 0 Å². The number of hydrogen-bond acceptors (Lipinski definition) is 6. The van der Waals surface area contributed by atoms with Gasteiger partial charge in [-0.2, -0.15) is 5.10 Å². The van der Waals surface area contributed by atoms with Crippen molar-refractivity contribution in [2.24, 2.45) is 0 Å². The zero-order chi connectivity index (χ0) is 20.8. The summed E-state index contributed by atoms with van der Waals surface area (Å²) in [7, 11) is 0. The smallest absolute Gasteiger partial charge is 0.143 e. The maximum atomic E-state index is 4.62. The summed E-state index contributed by atoms with van der Waals surface area (Å²) in [5.41, 5.74) is 9.07. The van der Waals surface area contributed by atoms with Crippen molar-refractivity contribution in [2.75, 3.05) is 10.6 Å². The van der Waals surface area contributed by atoms with Gasteiger partial charge < -0.3 is 10.6 Å². The molecule has 1 aliphatic heterocycles. The minimum absolute atomic E-state index is 0.180. The van der Waals surface area contributed by atoms with Crippen LogP contribution in [-0.4, -0.2) is 25.1 Å². The molecule has 5 aromatic rings. The molecule has 0 spiro atoms. The predicted molar refractivity (Wildman–Crippen MR) is 122 cm³/mol. The van der Waals surface area contributed by atoms with Crippen molar-refractivity contribution >= 4 is 22.3 Å². The highest BCUT2D eigenvalue weighted by Gasteiger charge is 2.28. The number of benzene rings is 1. The average molecular weight is 405 g/mol. The third-order valence-corrected chi connectivity index (χ3v) is 5.69. The SMILES string of the molecule is Cc1ccncc1-c1ccc2[nH]nc(C3Nc4cncc(-c5ccccn5)c4N3)c2c1. The molecule has 4 aromatic heterocycles. The van der Waals surface area contributed by atoms with Crippen LogP contribution in [0, 0.1) is 6.92 Å². The van der Waals surface area contributed by atoms with Crippen molar-refractivity contribution in [3.63, 3.8) is 0 Å². The van der Waals surface area contributed by atoms with Crippen LogP contribution in [0.15, 0.2) is 73.4 Å². The van der Waals surface area contributed by atoms with Crippen molar-refractivity contribution in [1.29, 1.82) is 0 Å². The zero-order valence-corrected chi connectivity index (χ0v) is 16.8. The Balaban J connectivity index is 1.41. The molecule has 1 aromatic carbocycles. The van der Waals surface area contributed by atoms with Gasteiger partial charge >= 0.3 is 0 Å². The normalized spacial score (nSPS) is 14.8. The van der Waals surface area contributed by atoms with Crippen LogP contribution < -0.4 is 10.6 Å². The Morgan fingerprint density at radius 3 is 2.68 bits per heavy atom. The molecule has 6 rings (SSSR count). The highest BCUT2D eigenvalue weighted by atomic mass is 15.2. The molecule has 0 fully saturated rings. The fraction of sp³-hybridized carbons (Fsp3) is 0.0833. The molecule has 5 heterocycles. The third kappa shape index (κ3) is 2.90. The van der Waals surface area contributed by atoms with Gasteiger partial charge in [-0.25, -0.2) is 0 Å². The van der Waals surface area contributed by atoms with Crippen molar-refractivity contribution in [1.82, 2.24) is 25.1 Å². The number of aromatic amines is 1. The Morgan fingerprint density at radius 2 is 1.81 bits per heavy atom. The molecule has 31 heavy (non-hydrogen) atoms. The Hall–Kier alpha value is -4.26. The highest BCUT2D eigenvalue weighted by molar-refractivity contribution is 5.92. The molecular weight excluding hydrogens is 386 g/mol. The fourth-order valence-corrected chi connectivity index (χ4v) is 4.10. The van der Waals surface area contributed by atoms with Gasteiger partial charge in [-0.3, -0.25) is 20.1 Å². The van der Waals surface area contributed by atoms with E-state index in [-0.39, 0.29) is 6.17 Å². The van der Waals surface area contributed by atoms with Crippen molar-refractivity contribution in [2.45, 2.75) is 13.1 Å². The number of nitrogens with zero attached hydrogens (tertiary/aromatic N) is 4. The lowest BCUT2D eigenvalue weighted by Crippen LogP contribution is -2.13. The van der Waals surface area contributed by atoms with Crippen molar-refractivity contribution in [3.05, 3.63) is 84.7 Å². The molecular formula is C24H19N7. The van der Waals surface area contributed by atoms with Gasteiger partial charge in [0.1, 0.15) is 11.9 Å².